The second kappa shape index (κ2) is 8.77. The number of nitrogens with zero attached hydrogens (tertiary/aromatic N) is 2. The quantitative estimate of drug-likeness (QED) is 0.407. The average Bonchev–Trinajstić information content (AvgIpc) is 3.18. The van der Waals surface area contributed by atoms with Crippen molar-refractivity contribution in [1.29, 1.82) is 0 Å². The van der Waals surface area contributed by atoms with Crippen molar-refractivity contribution in [3.05, 3.63) is 76.1 Å². The second-order valence-corrected chi connectivity index (χ2v) is 7.97. The minimum Gasteiger partial charge on any atom is -0.338 e. The number of aromatic nitrogens is 2. The van der Waals surface area contributed by atoms with Gasteiger partial charge in [-0.05, 0) is 47.9 Å². The van der Waals surface area contributed by atoms with Crippen molar-refractivity contribution >= 4 is 45.0 Å². The van der Waals surface area contributed by atoms with Gasteiger partial charge in [0.1, 0.15) is 11.6 Å². The van der Waals surface area contributed by atoms with Gasteiger partial charge in [-0.15, -0.1) is 11.3 Å². The number of rotatable bonds is 5. The van der Waals surface area contributed by atoms with E-state index in [4.69, 9.17) is 11.6 Å². The lowest BCUT2D eigenvalue weighted by Gasteiger charge is -2.11. The molecule has 0 atom stereocenters. The van der Waals surface area contributed by atoms with Crippen LogP contribution in [0.25, 0.3) is 21.3 Å². The summed E-state index contributed by atoms with van der Waals surface area (Å²) in [5, 5.41) is 5.83. The first-order chi connectivity index (χ1) is 14.5. The Balaban J connectivity index is 1.67. The highest BCUT2D eigenvalue weighted by atomic mass is 35.5. The molecule has 0 fully saturated rings. The van der Waals surface area contributed by atoms with Crippen LogP contribution in [0.3, 0.4) is 0 Å². The van der Waals surface area contributed by atoms with Gasteiger partial charge in [0.15, 0.2) is 0 Å². The zero-order valence-electron chi connectivity index (χ0n) is 16.1. The highest BCUT2D eigenvalue weighted by Crippen LogP contribution is 2.36. The molecule has 8 heteroatoms. The molecular weight excluding hydrogens is 423 g/mol. The summed E-state index contributed by atoms with van der Waals surface area (Å²) < 4.78 is 16.5. The lowest BCUT2D eigenvalue weighted by atomic mass is 9.97. The molecule has 0 aliphatic carbocycles. The molecule has 4 aromatic rings. The molecule has 0 aliphatic rings. The number of hydrogen-bond donors (Lipinski definition) is 2. The van der Waals surface area contributed by atoms with Gasteiger partial charge in [0, 0.05) is 29.7 Å². The van der Waals surface area contributed by atoms with Gasteiger partial charge in [-0.1, -0.05) is 29.8 Å². The standard InChI is InChI=1S/C22H18ClFN4OS/c1-2-25-22(29)28-18-7-6-13(11-26-18)8-15-10-17-21(27-12-30-17)19(20(15)24)14-4-3-5-16(23)9-14/h3-7,9-12H,2,8H2,1H3,(H2,25,26,28,29). The maximum Gasteiger partial charge on any atom is 0.320 e. The summed E-state index contributed by atoms with van der Waals surface area (Å²) in [6, 6.07) is 12.2. The molecule has 0 radical (unpaired) electrons. The van der Waals surface area contributed by atoms with Gasteiger partial charge in [-0.25, -0.2) is 19.2 Å². The number of halogens is 2. The number of urea groups is 1. The summed E-state index contributed by atoms with van der Waals surface area (Å²) in [7, 11) is 0. The van der Waals surface area contributed by atoms with Gasteiger partial charge < -0.3 is 5.32 Å². The second-order valence-electron chi connectivity index (χ2n) is 6.65. The Hall–Kier alpha value is -3.03. The fraction of sp³-hybridized carbons (Fsp3) is 0.136. The number of carbonyl (C=O) groups excluding carboxylic acids is 1. The molecule has 2 aromatic heterocycles. The lowest BCUT2D eigenvalue weighted by Crippen LogP contribution is -2.28. The van der Waals surface area contributed by atoms with E-state index in [1.165, 1.54) is 11.3 Å². The maximum absolute atomic E-state index is 15.6. The predicted molar refractivity (Wildman–Crippen MR) is 120 cm³/mol. The summed E-state index contributed by atoms with van der Waals surface area (Å²) in [6.45, 7) is 2.36. The van der Waals surface area contributed by atoms with Crippen molar-refractivity contribution in [2.75, 3.05) is 11.9 Å². The molecule has 0 saturated heterocycles. The predicted octanol–water partition coefficient (Wildman–Crippen LogP) is 5.88. The van der Waals surface area contributed by atoms with E-state index in [2.05, 4.69) is 20.6 Å². The SMILES string of the molecule is CCNC(=O)Nc1ccc(Cc2cc3scnc3c(-c3cccc(Cl)c3)c2F)cn1. The lowest BCUT2D eigenvalue weighted by molar-refractivity contribution is 0.252. The highest BCUT2D eigenvalue weighted by molar-refractivity contribution is 7.16. The summed E-state index contributed by atoms with van der Waals surface area (Å²) in [4.78, 5) is 20.2. The largest absolute Gasteiger partial charge is 0.338 e. The van der Waals surface area contributed by atoms with Gasteiger partial charge >= 0.3 is 6.03 Å². The highest BCUT2D eigenvalue weighted by Gasteiger charge is 2.18. The minimum atomic E-state index is -0.319. The molecule has 0 aliphatic heterocycles. The fourth-order valence-corrected chi connectivity index (χ4v) is 4.15. The van der Waals surface area contributed by atoms with Gasteiger partial charge in [-0.2, -0.15) is 0 Å². The number of amides is 2. The molecule has 2 aromatic carbocycles. The van der Waals surface area contributed by atoms with Crippen LogP contribution in [0.15, 0.2) is 54.2 Å². The molecule has 2 heterocycles. The number of thiazole rings is 1. The number of benzene rings is 2. The molecule has 4 rings (SSSR count). The number of carbonyl (C=O) groups is 1. The zero-order chi connectivity index (χ0) is 21.1. The summed E-state index contributed by atoms with van der Waals surface area (Å²) >= 11 is 7.60. The van der Waals surface area contributed by atoms with Crippen molar-refractivity contribution in [2.45, 2.75) is 13.3 Å². The first-order valence-electron chi connectivity index (χ1n) is 9.35. The topological polar surface area (TPSA) is 66.9 Å². The summed E-state index contributed by atoms with van der Waals surface area (Å²) in [6.07, 6.45) is 2.00. The van der Waals surface area contributed by atoms with Crippen LogP contribution in [0.5, 0.6) is 0 Å². The Kier molecular flexibility index (Phi) is 5.92. The van der Waals surface area contributed by atoms with Crippen molar-refractivity contribution in [3.8, 4) is 11.1 Å². The van der Waals surface area contributed by atoms with Crippen molar-refractivity contribution in [3.63, 3.8) is 0 Å². The number of hydrogen-bond acceptors (Lipinski definition) is 4. The first-order valence-corrected chi connectivity index (χ1v) is 10.6. The van der Waals surface area contributed by atoms with E-state index in [0.717, 1.165) is 10.3 Å². The van der Waals surface area contributed by atoms with Crippen LogP contribution in [0.1, 0.15) is 18.1 Å². The molecule has 30 heavy (non-hydrogen) atoms. The van der Waals surface area contributed by atoms with Crippen LogP contribution < -0.4 is 10.6 Å². The van der Waals surface area contributed by atoms with Gasteiger partial charge in [0.2, 0.25) is 0 Å². The minimum absolute atomic E-state index is 0.314. The molecule has 0 bridgehead atoms. The van der Waals surface area contributed by atoms with Gasteiger partial charge in [0.25, 0.3) is 0 Å². The van der Waals surface area contributed by atoms with Crippen LogP contribution in [-0.2, 0) is 6.42 Å². The van der Waals surface area contributed by atoms with E-state index in [1.807, 2.05) is 25.1 Å². The number of nitrogens with one attached hydrogen (secondary N) is 2. The third kappa shape index (κ3) is 4.27. The van der Waals surface area contributed by atoms with Crippen LogP contribution in [0.4, 0.5) is 15.0 Å². The number of pyridine rings is 1. The molecule has 0 spiro atoms. The van der Waals surface area contributed by atoms with Crippen molar-refractivity contribution in [1.82, 2.24) is 15.3 Å². The molecular formula is C22H18ClFN4OS. The van der Waals surface area contributed by atoms with Crippen LogP contribution in [0, 0.1) is 5.82 Å². The van der Waals surface area contributed by atoms with E-state index in [9.17, 15) is 4.79 Å². The average molecular weight is 441 g/mol. The van der Waals surface area contributed by atoms with Gasteiger partial charge in [0.05, 0.1) is 15.7 Å². The summed E-state index contributed by atoms with van der Waals surface area (Å²) in [5.74, 6) is 0.114. The van der Waals surface area contributed by atoms with Crippen LogP contribution >= 0.6 is 22.9 Å². The Morgan fingerprint density at radius 3 is 2.80 bits per heavy atom. The molecule has 2 N–H and O–H groups in total. The first kappa shape index (κ1) is 20.3. The van der Waals surface area contributed by atoms with E-state index in [0.29, 0.717) is 46.0 Å². The normalized spacial score (nSPS) is 10.9. The van der Waals surface area contributed by atoms with Crippen LogP contribution in [0.2, 0.25) is 5.02 Å². The smallest absolute Gasteiger partial charge is 0.320 e. The van der Waals surface area contributed by atoms with Crippen LogP contribution in [-0.4, -0.2) is 22.5 Å². The maximum atomic E-state index is 15.6. The van der Waals surface area contributed by atoms with E-state index >= 15 is 4.39 Å². The fourth-order valence-electron chi connectivity index (χ4n) is 3.21. The van der Waals surface area contributed by atoms with Crippen molar-refractivity contribution < 1.29 is 9.18 Å². The van der Waals surface area contributed by atoms with E-state index in [-0.39, 0.29) is 11.8 Å². The third-order valence-electron chi connectivity index (χ3n) is 4.55. The van der Waals surface area contributed by atoms with E-state index in [1.54, 1.807) is 36.0 Å². The Morgan fingerprint density at radius 1 is 1.20 bits per heavy atom. The Labute approximate surface area is 181 Å². The Bertz CT molecular complexity index is 1210. The van der Waals surface area contributed by atoms with E-state index < -0.39 is 0 Å². The number of anilines is 1. The molecule has 152 valence electrons. The zero-order valence-corrected chi connectivity index (χ0v) is 17.6. The Morgan fingerprint density at radius 2 is 2.07 bits per heavy atom. The van der Waals surface area contributed by atoms with Gasteiger partial charge in [-0.3, -0.25) is 5.32 Å². The molecule has 5 nitrogen and oxygen atoms in total. The monoisotopic (exact) mass is 440 g/mol. The third-order valence-corrected chi connectivity index (χ3v) is 5.56. The molecule has 0 saturated carbocycles. The molecule has 2 amide bonds. The summed E-state index contributed by atoms with van der Waals surface area (Å²) in [5.41, 5.74) is 4.86. The molecule has 0 unspecified atom stereocenters. The number of fused-ring (bicyclic) bond motifs is 1. The van der Waals surface area contributed by atoms with Crippen molar-refractivity contribution in [2.24, 2.45) is 0 Å².